The molecule has 1 aromatic carbocycles. The summed E-state index contributed by atoms with van der Waals surface area (Å²) >= 11 is 11.5. The second-order valence-corrected chi connectivity index (χ2v) is 4.70. The van der Waals surface area contributed by atoms with Crippen LogP contribution in [-0.2, 0) is 6.54 Å². The Balaban J connectivity index is 1.97. The lowest BCUT2D eigenvalue weighted by molar-refractivity contribution is 0.105. The zero-order chi connectivity index (χ0) is 10.8. The van der Waals surface area contributed by atoms with Crippen molar-refractivity contribution in [3.63, 3.8) is 0 Å². The van der Waals surface area contributed by atoms with Crippen LogP contribution < -0.4 is 0 Å². The van der Waals surface area contributed by atoms with Gasteiger partial charge in [-0.2, -0.15) is 0 Å². The van der Waals surface area contributed by atoms with Gasteiger partial charge in [0.15, 0.2) is 0 Å². The van der Waals surface area contributed by atoms with Gasteiger partial charge in [0, 0.05) is 36.1 Å². The summed E-state index contributed by atoms with van der Waals surface area (Å²) in [5.74, 6) is 1.07. The van der Waals surface area contributed by atoms with Crippen LogP contribution in [0.4, 0.5) is 4.39 Å². The fourth-order valence-electron chi connectivity index (χ4n) is 1.81. The maximum Gasteiger partial charge on any atom is 0.127 e. The van der Waals surface area contributed by atoms with E-state index in [1.165, 1.54) is 6.07 Å². The van der Waals surface area contributed by atoms with Gasteiger partial charge in [0.2, 0.25) is 0 Å². The molecule has 1 heterocycles. The number of halogens is 3. The third-order valence-corrected chi connectivity index (χ3v) is 3.32. The number of nitrogens with zero attached hydrogens (tertiary/aromatic N) is 1. The van der Waals surface area contributed by atoms with E-state index in [2.05, 4.69) is 4.90 Å². The molecule has 0 bridgehead atoms. The van der Waals surface area contributed by atoms with Crippen LogP contribution in [0.2, 0.25) is 5.02 Å². The summed E-state index contributed by atoms with van der Waals surface area (Å²) in [4.78, 5) is 2.17. The quantitative estimate of drug-likeness (QED) is 0.743. The van der Waals surface area contributed by atoms with Gasteiger partial charge in [-0.1, -0.05) is 11.6 Å². The van der Waals surface area contributed by atoms with Gasteiger partial charge in [0.25, 0.3) is 0 Å². The smallest absolute Gasteiger partial charge is 0.127 e. The molecule has 1 aliphatic rings. The molecule has 0 unspecified atom stereocenters. The molecular formula is C11H12Cl2FN. The van der Waals surface area contributed by atoms with E-state index in [0.29, 0.717) is 28.9 Å². The molecular weight excluding hydrogens is 236 g/mol. The first-order valence-electron chi connectivity index (χ1n) is 4.91. The van der Waals surface area contributed by atoms with Crippen molar-refractivity contribution in [1.29, 1.82) is 0 Å². The topological polar surface area (TPSA) is 3.24 Å². The van der Waals surface area contributed by atoms with E-state index in [9.17, 15) is 4.39 Å². The number of alkyl halides is 1. The molecule has 1 fully saturated rings. The van der Waals surface area contributed by atoms with E-state index >= 15 is 0 Å². The summed E-state index contributed by atoms with van der Waals surface area (Å²) in [6, 6.07) is 4.67. The second kappa shape index (κ2) is 4.69. The van der Waals surface area contributed by atoms with Gasteiger partial charge in [-0.25, -0.2) is 4.39 Å². The van der Waals surface area contributed by atoms with Gasteiger partial charge in [0.05, 0.1) is 0 Å². The van der Waals surface area contributed by atoms with E-state index in [0.717, 1.165) is 13.1 Å². The predicted octanol–water partition coefficient (Wildman–Crippen LogP) is 3.15. The Kier molecular flexibility index (Phi) is 3.49. The minimum atomic E-state index is -0.186. The lowest BCUT2D eigenvalue weighted by atomic mass is 10.0. The molecule has 0 radical (unpaired) electrons. The molecule has 0 amide bonds. The van der Waals surface area contributed by atoms with E-state index in [1.807, 2.05) is 0 Å². The molecule has 0 atom stereocenters. The van der Waals surface area contributed by atoms with Crippen molar-refractivity contribution in [2.75, 3.05) is 19.0 Å². The Morgan fingerprint density at radius 2 is 2.13 bits per heavy atom. The zero-order valence-corrected chi connectivity index (χ0v) is 9.73. The monoisotopic (exact) mass is 247 g/mol. The van der Waals surface area contributed by atoms with Gasteiger partial charge >= 0.3 is 0 Å². The first-order chi connectivity index (χ1) is 7.19. The van der Waals surface area contributed by atoms with Crippen molar-refractivity contribution >= 4 is 23.2 Å². The molecule has 1 nitrogen and oxygen atoms in total. The third-order valence-electron chi connectivity index (χ3n) is 2.65. The maximum atomic E-state index is 13.4. The van der Waals surface area contributed by atoms with E-state index in [4.69, 9.17) is 23.2 Å². The number of hydrogen-bond acceptors (Lipinski definition) is 1. The van der Waals surface area contributed by atoms with E-state index < -0.39 is 0 Å². The summed E-state index contributed by atoms with van der Waals surface area (Å²) in [7, 11) is 0. The minimum absolute atomic E-state index is 0.186. The highest BCUT2D eigenvalue weighted by Gasteiger charge is 2.26. The first-order valence-corrected chi connectivity index (χ1v) is 5.82. The summed E-state index contributed by atoms with van der Waals surface area (Å²) in [5.41, 5.74) is 0.663. The molecule has 0 N–H and O–H groups in total. The molecule has 4 heteroatoms. The Morgan fingerprint density at radius 3 is 2.80 bits per heavy atom. The third kappa shape index (κ3) is 2.63. The average Bonchev–Trinajstić information content (AvgIpc) is 2.16. The van der Waals surface area contributed by atoms with Crippen LogP contribution in [-0.4, -0.2) is 23.9 Å². The van der Waals surface area contributed by atoms with Crippen LogP contribution >= 0.6 is 23.2 Å². The van der Waals surface area contributed by atoms with Crippen molar-refractivity contribution in [3.05, 3.63) is 34.6 Å². The molecule has 0 saturated carbocycles. The number of hydrogen-bond donors (Lipinski definition) is 0. The minimum Gasteiger partial charge on any atom is -0.298 e. The SMILES string of the molecule is Fc1ccc(Cl)cc1CN1CC(CCl)C1. The van der Waals surface area contributed by atoms with Crippen molar-refractivity contribution in [1.82, 2.24) is 4.90 Å². The maximum absolute atomic E-state index is 13.4. The molecule has 0 aromatic heterocycles. The van der Waals surface area contributed by atoms with Crippen LogP contribution in [0, 0.1) is 11.7 Å². The summed E-state index contributed by atoms with van der Waals surface area (Å²) in [6.45, 7) is 2.53. The van der Waals surface area contributed by atoms with Gasteiger partial charge in [-0.05, 0) is 24.1 Å². The summed E-state index contributed by atoms with van der Waals surface area (Å²) in [5, 5.41) is 0.584. The molecule has 1 aromatic rings. The van der Waals surface area contributed by atoms with Crippen molar-refractivity contribution in [2.45, 2.75) is 6.54 Å². The fraction of sp³-hybridized carbons (Fsp3) is 0.455. The molecule has 82 valence electrons. The highest BCUT2D eigenvalue weighted by Crippen LogP contribution is 2.22. The van der Waals surface area contributed by atoms with Crippen molar-refractivity contribution < 1.29 is 4.39 Å². The predicted molar refractivity (Wildman–Crippen MR) is 60.9 cm³/mol. The standard InChI is InChI=1S/C11H12Cl2FN/c12-4-8-5-15(6-8)7-9-3-10(13)1-2-11(9)14/h1-3,8H,4-7H2. The summed E-state index contributed by atoms with van der Waals surface area (Å²) in [6.07, 6.45) is 0. The highest BCUT2D eigenvalue weighted by molar-refractivity contribution is 6.30. The molecule has 1 saturated heterocycles. The average molecular weight is 248 g/mol. The Hall–Kier alpha value is -0.310. The van der Waals surface area contributed by atoms with Gasteiger partial charge < -0.3 is 0 Å². The molecule has 15 heavy (non-hydrogen) atoms. The number of rotatable bonds is 3. The lowest BCUT2D eigenvalue weighted by Gasteiger charge is -2.38. The van der Waals surface area contributed by atoms with Gasteiger partial charge in [-0.15, -0.1) is 11.6 Å². The Labute approximate surface area is 98.8 Å². The summed E-state index contributed by atoms with van der Waals surface area (Å²) < 4.78 is 13.4. The van der Waals surface area contributed by atoms with E-state index in [-0.39, 0.29) is 5.82 Å². The fourth-order valence-corrected chi connectivity index (χ4v) is 2.20. The number of likely N-dealkylation sites (tertiary alicyclic amines) is 1. The van der Waals surface area contributed by atoms with Crippen LogP contribution in [0.3, 0.4) is 0 Å². The number of benzene rings is 1. The largest absolute Gasteiger partial charge is 0.298 e. The van der Waals surface area contributed by atoms with Crippen LogP contribution in [0.5, 0.6) is 0 Å². The van der Waals surface area contributed by atoms with Crippen molar-refractivity contribution in [3.8, 4) is 0 Å². The van der Waals surface area contributed by atoms with Crippen LogP contribution in [0.15, 0.2) is 18.2 Å². The van der Waals surface area contributed by atoms with Crippen LogP contribution in [0.25, 0.3) is 0 Å². The lowest BCUT2D eigenvalue weighted by Crippen LogP contribution is -2.46. The Morgan fingerprint density at radius 1 is 1.40 bits per heavy atom. The van der Waals surface area contributed by atoms with Gasteiger partial charge in [0.1, 0.15) is 5.82 Å². The van der Waals surface area contributed by atoms with Crippen LogP contribution in [0.1, 0.15) is 5.56 Å². The molecule has 0 spiro atoms. The zero-order valence-electron chi connectivity index (χ0n) is 8.22. The van der Waals surface area contributed by atoms with Gasteiger partial charge in [-0.3, -0.25) is 4.90 Å². The second-order valence-electron chi connectivity index (χ2n) is 3.95. The normalized spacial score (nSPS) is 17.8. The van der Waals surface area contributed by atoms with Crippen molar-refractivity contribution in [2.24, 2.45) is 5.92 Å². The first kappa shape index (κ1) is 11.2. The highest BCUT2D eigenvalue weighted by atomic mass is 35.5. The molecule has 2 rings (SSSR count). The molecule has 0 aliphatic carbocycles. The Bertz CT molecular complexity index is 350. The van der Waals surface area contributed by atoms with E-state index in [1.54, 1.807) is 12.1 Å². The molecule has 1 aliphatic heterocycles.